The molecule has 0 unspecified atom stereocenters. The van der Waals surface area contributed by atoms with Crippen LogP contribution in [-0.4, -0.2) is 21.3 Å². The summed E-state index contributed by atoms with van der Waals surface area (Å²) in [5.41, 5.74) is 0.969. The molecule has 0 spiro atoms. The third-order valence-corrected chi connectivity index (χ3v) is 2.44. The second-order valence-corrected chi connectivity index (χ2v) is 3.35. The molecule has 86 valence electrons. The molecule has 1 aromatic carbocycles. The van der Waals surface area contributed by atoms with Crippen LogP contribution in [-0.2, 0) is 0 Å². The molecule has 1 aromatic rings. The molecule has 0 heterocycles. The Bertz CT molecular complexity index is 379. The van der Waals surface area contributed by atoms with Gasteiger partial charge in [0, 0.05) is 5.92 Å². The van der Waals surface area contributed by atoms with Crippen molar-refractivity contribution < 1.29 is 14.2 Å². The molecule has 16 heavy (non-hydrogen) atoms. The molecule has 0 saturated carbocycles. The van der Waals surface area contributed by atoms with Crippen LogP contribution in [0, 0.1) is 12.3 Å². The minimum Gasteiger partial charge on any atom is -0.493 e. The predicted octanol–water partition coefficient (Wildman–Crippen LogP) is 2.45. The van der Waals surface area contributed by atoms with E-state index < -0.39 is 0 Å². The quantitative estimate of drug-likeness (QED) is 0.729. The summed E-state index contributed by atoms with van der Waals surface area (Å²) in [7, 11) is 4.74. The SMILES string of the molecule is C#C[C@H](C)c1cc(OC)c(OC)c(OC)c1. The zero-order valence-electron chi connectivity index (χ0n) is 10.0. The number of terminal acetylenes is 1. The highest BCUT2D eigenvalue weighted by molar-refractivity contribution is 5.55. The normalized spacial score (nSPS) is 11.4. The first-order chi connectivity index (χ1) is 7.67. The van der Waals surface area contributed by atoms with Crippen molar-refractivity contribution in [2.45, 2.75) is 12.8 Å². The van der Waals surface area contributed by atoms with E-state index in [0.717, 1.165) is 5.56 Å². The summed E-state index contributed by atoms with van der Waals surface area (Å²) in [6.07, 6.45) is 5.39. The van der Waals surface area contributed by atoms with Crippen molar-refractivity contribution in [2.75, 3.05) is 21.3 Å². The van der Waals surface area contributed by atoms with Gasteiger partial charge in [-0.3, -0.25) is 0 Å². The Balaban J connectivity index is 3.32. The van der Waals surface area contributed by atoms with E-state index in [2.05, 4.69) is 5.92 Å². The summed E-state index contributed by atoms with van der Waals surface area (Å²) in [6.45, 7) is 1.95. The fourth-order valence-corrected chi connectivity index (χ4v) is 1.45. The Labute approximate surface area is 96.3 Å². The van der Waals surface area contributed by atoms with E-state index in [0.29, 0.717) is 17.2 Å². The molecule has 0 aliphatic rings. The van der Waals surface area contributed by atoms with Crippen LogP contribution in [0.2, 0.25) is 0 Å². The van der Waals surface area contributed by atoms with Gasteiger partial charge in [-0.1, -0.05) is 5.92 Å². The first-order valence-corrected chi connectivity index (χ1v) is 4.94. The van der Waals surface area contributed by atoms with E-state index in [1.165, 1.54) is 0 Å². The number of ether oxygens (including phenoxy) is 3. The molecule has 0 amide bonds. The molecule has 3 nitrogen and oxygen atoms in total. The lowest BCUT2D eigenvalue weighted by molar-refractivity contribution is 0.323. The molecule has 0 bridgehead atoms. The van der Waals surface area contributed by atoms with E-state index in [9.17, 15) is 0 Å². The molecule has 0 saturated heterocycles. The van der Waals surface area contributed by atoms with Crippen LogP contribution in [0.3, 0.4) is 0 Å². The molecule has 0 radical (unpaired) electrons. The highest BCUT2D eigenvalue weighted by atomic mass is 16.5. The monoisotopic (exact) mass is 220 g/mol. The summed E-state index contributed by atoms with van der Waals surface area (Å²) in [4.78, 5) is 0. The van der Waals surface area contributed by atoms with Crippen molar-refractivity contribution in [1.29, 1.82) is 0 Å². The third kappa shape index (κ3) is 2.22. The maximum absolute atomic E-state index is 5.39. The number of rotatable bonds is 4. The lowest BCUT2D eigenvalue weighted by Crippen LogP contribution is -1.98. The van der Waals surface area contributed by atoms with Crippen LogP contribution in [0.5, 0.6) is 17.2 Å². The van der Waals surface area contributed by atoms with Crippen molar-refractivity contribution in [3.8, 4) is 29.6 Å². The molecular formula is C13H16O3. The lowest BCUT2D eigenvalue weighted by Gasteiger charge is -2.15. The third-order valence-electron chi connectivity index (χ3n) is 2.44. The number of hydrogen-bond donors (Lipinski definition) is 0. The summed E-state index contributed by atoms with van der Waals surface area (Å²) >= 11 is 0. The second-order valence-electron chi connectivity index (χ2n) is 3.35. The van der Waals surface area contributed by atoms with Gasteiger partial charge in [-0.05, 0) is 24.6 Å². The van der Waals surface area contributed by atoms with Crippen LogP contribution >= 0.6 is 0 Å². The van der Waals surface area contributed by atoms with Gasteiger partial charge in [0.1, 0.15) is 0 Å². The molecule has 1 atom stereocenters. The molecule has 0 aliphatic carbocycles. The van der Waals surface area contributed by atoms with Gasteiger partial charge in [0.15, 0.2) is 11.5 Å². The molecule has 0 aliphatic heterocycles. The maximum atomic E-state index is 5.39. The van der Waals surface area contributed by atoms with Crippen LogP contribution < -0.4 is 14.2 Å². The van der Waals surface area contributed by atoms with Crippen LogP contribution in [0.25, 0.3) is 0 Å². The van der Waals surface area contributed by atoms with Crippen molar-refractivity contribution >= 4 is 0 Å². The van der Waals surface area contributed by atoms with Crippen LogP contribution in [0.15, 0.2) is 12.1 Å². The standard InChI is InChI=1S/C13H16O3/c1-6-9(2)10-7-11(14-3)13(16-5)12(8-10)15-4/h1,7-9H,2-5H3/t9-/m0/s1. The van der Waals surface area contributed by atoms with Gasteiger partial charge in [0.2, 0.25) is 5.75 Å². The average molecular weight is 220 g/mol. The summed E-state index contributed by atoms with van der Waals surface area (Å²) in [6, 6.07) is 3.73. The number of hydrogen-bond acceptors (Lipinski definition) is 3. The Hall–Kier alpha value is -1.82. The average Bonchev–Trinajstić information content (AvgIpc) is 2.35. The van der Waals surface area contributed by atoms with Gasteiger partial charge < -0.3 is 14.2 Å². The number of benzene rings is 1. The van der Waals surface area contributed by atoms with Gasteiger partial charge in [0.05, 0.1) is 21.3 Å². The minimum absolute atomic E-state index is 0.00806. The zero-order valence-corrected chi connectivity index (χ0v) is 10.0. The fraction of sp³-hybridized carbons (Fsp3) is 0.385. The zero-order chi connectivity index (χ0) is 12.1. The molecular weight excluding hydrogens is 204 g/mol. The van der Waals surface area contributed by atoms with E-state index >= 15 is 0 Å². The molecule has 1 rings (SSSR count). The van der Waals surface area contributed by atoms with Crippen molar-refractivity contribution in [1.82, 2.24) is 0 Å². The van der Waals surface area contributed by atoms with E-state index in [1.54, 1.807) is 21.3 Å². The summed E-state index contributed by atoms with van der Waals surface area (Å²) in [5, 5.41) is 0. The smallest absolute Gasteiger partial charge is 0.203 e. The van der Waals surface area contributed by atoms with E-state index in [1.807, 2.05) is 19.1 Å². The lowest BCUT2D eigenvalue weighted by atomic mass is 10.0. The Morgan fingerprint density at radius 2 is 1.56 bits per heavy atom. The van der Waals surface area contributed by atoms with Crippen molar-refractivity contribution in [2.24, 2.45) is 0 Å². The van der Waals surface area contributed by atoms with Gasteiger partial charge in [-0.2, -0.15) is 0 Å². The molecule has 3 heteroatoms. The highest BCUT2D eigenvalue weighted by Gasteiger charge is 2.15. The molecule has 0 aromatic heterocycles. The fourth-order valence-electron chi connectivity index (χ4n) is 1.45. The Morgan fingerprint density at radius 1 is 1.06 bits per heavy atom. The topological polar surface area (TPSA) is 27.7 Å². The first kappa shape index (κ1) is 12.3. The van der Waals surface area contributed by atoms with Crippen LogP contribution in [0.1, 0.15) is 18.4 Å². The Kier molecular flexibility index (Phi) is 4.07. The number of methoxy groups -OCH3 is 3. The largest absolute Gasteiger partial charge is 0.493 e. The molecule has 0 fully saturated rings. The van der Waals surface area contributed by atoms with E-state index in [-0.39, 0.29) is 5.92 Å². The Morgan fingerprint density at radius 3 is 1.88 bits per heavy atom. The molecule has 0 N–H and O–H groups in total. The van der Waals surface area contributed by atoms with Crippen molar-refractivity contribution in [3.05, 3.63) is 17.7 Å². The van der Waals surface area contributed by atoms with E-state index in [4.69, 9.17) is 20.6 Å². The van der Waals surface area contributed by atoms with Gasteiger partial charge in [0.25, 0.3) is 0 Å². The summed E-state index contributed by atoms with van der Waals surface area (Å²) < 4.78 is 15.7. The first-order valence-electron chi connectivity index (χ1n) is 4.94. The van der Waals surface area contributed by atoms with Gasteiger partial charge >= 0.3 is 0 Å². The van der Waals surface area contributed by atoms with Gasteiger partial charge in [-0.15, -0.1) is 6.42 Å². The minimum atomic E-state index is 0.00806. The second kappa shape index (κ2) is 5.32. The van der Waals surface area contributed by atoms with Crippen LogP contribution in [0.4, 0.5) is 0 Å². The summed E-state index contributed by atoms with van der Waals surface area (Å²) in [5.74, 6) is 4.51. The van der Waals surface area contributed by atoms with Gasteiger partial charge in [-0.25, -0.2) is 0 Å². The van der Waals surface area contributed by atoms with Crippen molar-refractivity contribution in [3.63, 3.8) is 0 Å². The highest BCUT2D eigenvalue weighted by Crippen LogP contribution is 2.39. The maximum Gasteiger partial charge on any atom is 0.203 e. The predicted molar refractivity (Wildman–Crippen MR) is 63.3 cm³/mol.